The van der Waals surface area contributed by atoms with E-state index in [-0.39, 0.29) is 0 Å². The predicted molar refractivity (Wildman–Crippen MR) is 81.1 cm³/mol. The third-order valence-electron chi connectivity index (χ3n) is 3.16. The Balaban J connectivity index is 2.10. The molecule has 0 radical (unpaired) electrons. The molecular formula is C17H21NO2. The van der Waals surface area contributed by atoms with Crippen molar-refractivity contribution in [2.24, 2.45) is 5.73 Å². The van der Waals surface area contributed by atoms with E-state index >= 15 is 0 Å². The van der Waals surface area contributed by atoms with E-state index in [1.165, 1.54) is 5.56 Å². The van der Waals surface area contributed by atoms with Crippen LogP contribution in [0.2, 0.25) is 0 Å². The Morgan fingerprint density at radius 2 is 1.85 bits per heavy atom. The molecule has 2 aromatic rings. The van der Waals surface area contributed by atoms with E-state index < -0.39 is 0 Å². The van der Waals surface area contributed by atoms with Gasteiger partial charge >= 0.3 is 0 Å². The summed E-state index contributed by atoms with van der Waals surface area (Å²) >= 11 is 0. The van der Waals surface area contributed by atoms with Crippen molar-refractivity contribution < 1.29 is 9.47 Å². The molecule has 0 atom stereocenters. The van der Waals surface area contributed by atoms with Crippen molar-refractivity contribution in [2.45, 2.75) is 19.4 Å². The molecule has 20 heavy (non-hydrogen) atoms. The summed E-state index contributed by atoms with van der Waals surface area (Å²) in [6, 6.07) is 16.1. The smallest absolute Gasteiger partial charge is 0.126 e. The van der Waals surface area contributed by atoms with Crippen LogP contribution in [0.4, 0.5) is 0 Å². The molecule has 0 aliphatic rings. The van der Waals surface area contributed by atoms with E-state index in [4.69, 9.17) is 15.2 Å². The Labute approximate surface area is 120 Å². The van der Waals surface area contributed by atoms with Gasteiger partial charge in [-0.1, -0.05) is 36.4 Å². The molecule has 0 heterocycles. The lowest BCUT2D eigenvalue weighted by Gasteiger charge is -2.13. The number of hydrogen-bond acceptors (Lipinski definition) is 3. The average molecular weight is 271 g/mol. The monoisotopic (exact) mass is 271 g/mol. The highest BCUT2D eigenvalue weighted by Gasteiger charge is 2.06. The van der Waals surface area contributed by atoms with Crippen molar-refractivity contribution in [3.8, 4) is 11.5 Å². The van der Waals surface area contributed by atoms with Gasteiger partial charge in [-0.05, 0) is 36.6 Å². The number of nitrogens with two attached hydrogens (primary N) is 1. The zero-order valence-corrected chi connectivity index (χ0v) is 11.8. The number of ether oxygens (including phenoxy) is 2. The highest BCUT2D eigenvalue weighted by molar-refractivity contribution is 5.41. The second-order valence-electron chi connectivity index (χ2n) is 4.64. The first kappa shape index (κ1) is 14.4. The summed E-state index contributed by atoms with van der Waals surface area (Å²) in [6.45, 7) is 1.24. The Morgan fingerprint density at radius 3 is 2.55 bits per heavy atom. The van der Waals surface area contributed by atoms with Gasteiger partial charge in [0.05, 0.1) is 7.11 Å². The van der Waals surface area contributed by atoms with Gasteiger partial charge in [-0.25, -0.2) is 0 Å². The van der Waals surface area contributed by atoms with Crippen LogP contribution in [-0.4, -0.2) is 13.7 Å². The number of rotatable bonds is 7. The molecular weight excluding hydrogens is 250 g/mol. The lowest BCUT2D eigenvalue weighted by molar-refractivity contribution is 0.300. The highest BCUT2D eigenvalue weighted by atomic mass is 16.5. The third kappa shape index (κ3) is 4.00. The second-order valence-corrected chi connectivity index (χ2v) is 4.64. The fraction of sp³-hybridized carbons (Fsp3) is 0.294. The lowest BCUT2D eigenvalue weighted by Crippen LogP contribution is -2.03. The van der Waals surface area contributed by atoms with E-state index in [0.717, 1.165) is 29.9 Å². The maximum Gasteiger partial charge on any atom is 0.126 e. The fourth-order valence-electron chi connectivity index (χ4n) is 2.03. The molecule has 0 spiro atoms. The van der Waals surface area contributed by atoms with Crippen molar-refractivity contribution in [3.63, 3.8) is 0 Å². The average Bonchev–Trinajstić information content (AvgIpc) is 2.52. The molecule has 0 saturated heterocycles. The van der Waals surface area contributed by atoms with Crippen LogP contribution in [0.1, 0.15) is 17.5 Å². The molecule has 0 bridgehead atoms. The molecule has 2 N–H and O–H groups in total. The van der Waals surface area contributed by atoms with Gasteiger partial charge in [0, 0.05) is 6.07 Å². The second kappa shape index (κ2) is 7.56. The molecule has 2 rings (SSSR count). The van der Waals surface area contributed by atoms with E-state index in [1.807, 2.05) is 30.3 Å². The fourth-order valence-corrected chi connectivity index (χ4v) is 2.03. The molecule has 2 aromatic carbocycles. The molecule has 3 heteroatoms. The first-order chi connectivity index (χ1) is 9.83. The van der Waals surface area contributed by atoms with Crippen molar-refractivity contribution in [1.29, 1.82) is 0 Å². The Bertz CT molecular complexity index is 526. The summed E-state index contributed by atoms with van der Waals surface area (Å²) in [7, 11) is 1.66. The Hall–Kier alpha value is -2.00. The van der Waals surface area contributed by atoms with Crippen molar-refractivity contribution >= 4 is 0 Å². The standard InChI is InChI=1S/C17H21NO2/c1-19-16-10-9-15(8-5-11-18)17(12-16)20-13-14-6-3-2-4-7-14/h2-4,6-7,9-10,12H,5,8,11,13,18H2,1H3. The molecule has 0 aliphatic carbocycles. The summed E-state index contributed by atoms with van der Waals surface area (Å²) in [5, 5.41) is 0. The van der Waals surface area contributed by atoms with Crippen LogP contribution < -0.4 is 15.2 Å². The van der Waals surface area contributed by atoms with Crippen molar-refractivity contribution in [1.82, 2.24) is 0 Å². The molecule has 0 aromatic heterocycles. The third-order valence-corrected chi connectivity index (χ3v) is 3.16. The van der Waals surface area contributed by atoms with Crippen molar-refractivity contribution in [3.05, 3.63) is 59.7 Å². The van der Waals surface area contributed by atoms with E-state index in [0.29, 0.717) is 13.2 Å². The first-order valence-corrected chi connectivity index (χ1v) is 6.87. The van der Waals surface area contributed by atoms with Crippen LogP contribution >= 0.6 is 0 Å². The Morgan fingerprint density at radius 1 is 1.05 bits per heavy atom. The molecule has 0 saturated carbocycles. The minimum Gasteiger partial charge on any atom is -0.497 e. The molecule has 0 aliphatic heterocycles. The van der Waals surface area contributed by atoms with Gasteiger partial charge in [-0.15, -0.1) is 0 Å². The Kier molecular flexibility index (Phi) is 5.44. The molecule has 3 nitrogen and oxygen atoms in total. The molecule has 0 unspecified atom stereocenters. The molecule has 0 fully saturated rings. The summed E-state index contributed by atoms with van der Waals surface area (Å²) in [6.07, 6.45) is 1.87. The highest BCUT2D eigenvalue weighted by Crippen LogP contribution is 2.26. The van der Waals surface area contributed by atoms with Gasteiger partial charge in [0.1, 0.15) is 18.1 Å². The van der Waals surface area contributed by atoms with Crippen LogP contribution in [0.5, 0.6) is 11.5 Å². The van der Waals surface area contributed by atoms with Crippen LogP contribution in [0.25, 0.3) is 0 Å². The first-order valence-electron chi connectivity index (χ1n) is 6.87. The van der Waals surface area contributed by atoms with Crippen LogP contribution in [-0.2, 0) is 13.0 Å². The quantitative estimate of drug-likeness (QED) is 0.841. The summed E-state index contributed by atoms with van der Waals surface area (Å²) in [5.41, 5.74) is 7.91. The molecule has 0 amide bonds. The van der Waals surface area contributed by atoms with Gasteiger partial charge in [-0.2, -0.15) is 0 Å². The van der Waals surface area contributed by atoms with Gasteiger partial charge in [0.25, 0.3) is 0 Å². The van der Waals surface area contributed by atoms with Gasteiger partial charge in [0.2, 0.25) is 0 Å². The minimum absolute atomic E-state index is 0.559. The van der Waals surface area contributed by atoms with Gasteiger partial charge < -0.3 is 15.2 Å². The van der Waals surface area contributed by atoms with E-state index in [1.54, 1.807) is 7.11 Å². The van der Waals surface area contributed by atoms with Gasteiger partial charge in [-0.3, -0.25) is 0 Å². The van der Waals surface area contributed by atoms with Crippen molar-refractivity contribution in [2.75, 3.05) is 13.7 Å². The number of aryl methyl sites for hydroxylation is 1. The zero-order chi connectivity index (χ0) is 14.2. The predicted octanol–water partition coefficient (Wildman–Crippen LogP) is 3.17. The maximum absolute atomic E-state index is 5.94. The number of hydrogen-bond donors (Lipinski definition) is 1. The summed E-state index contributed by atoms with van der Waals surface area (Å²) in [5.74, 6) is 1.69. The maximum atomic E-state index is 5.94. The topological polar surface area (TPSA) is 44.5 Å². The zero-order valence-electron chi connectivity index (χ0n) is 11.8. The SMILES string of the molecule is COc1ccc(CCCN)c(OCc2ccccc2)c1. The molecule has 106 valence electrons. The minimum atomic E-state index is 0.559. The summed E-state index contributed by atoms with van der Waals surface area (Å²) < 4.78 is 11.2. The normalized spacial score (nSPS) is 10.3. The van der Waals surface area contributed by atoms with E-state index in [2.05, 4.69) is 18.2 Å². The van der Waals surface area contributed by atoms with E-state index in [9.17, 15) is 0 Å². The number of benzene rings is 2. The lowest BCUT2D eigenvalue weighted by atomic mass is 10.1. The number of methoxy groups -OCH3 is 1. The van der Waals surface area contributed by atoms with Gasteiger partial charge in [0.15, 0.2) is 0 Å². The van der Waals surface area contributed by atoms with Crippen LogP contribution in [0.15, 0.2) is 48.5 Å². The van der Waals surface area contributed by atoms with Crippen LogP contribution in [0.3, 0.4) is 0 Å². The summed E-state index contributed by atoms with van der Waals surface area (Å²) in [4.78, 5) is 0. The largest absolute Gasteiger partial charge is 0.497 e. The van der Waals surface area contributed by atoms with Crippen LogP contribution in [0, 0.1) is 0 Å².